The highest BCUT2D eigenvalue weighted by atomic mass is 35.5. The maximum atomic E-state index is 13.8. The normalized spacial score (nSPS) is 14.7. The van der Waals surface area contributed by atoms with Gasteiger partial charge in [0.15, 0.2) is 0 Å². The molecule has 1 heterocycles. The number of nitriles is 1. The number of aldehydes is 1. The number of hydrogen-bond acceptors (Lipinski definition) is 4. The average molecular weight is 467 g/mol. The van der Waals surface area contributed by atoms with Gasteiger partial charge in [-0.05, 0) is 41.0 Å². The molecule has 0 saturated heterocycles. The summed E-state index contributed by atoms with van der Waals surface area (Å²) in [4.78, 5) is 26.9. The zero-order valence-corrected chi connectivity index (χ0v) is 18.7. The Morgan fingerprint density at radius 1 is 1.16 bits per heavy atom. The average Bonchev–Trinajstić information content (AvgIpc) is 2.79. The number of carbonyl (C=O) groups is 2. The summed E-state index contributed by atoms with van der Waals surface area (Å²) in [5, 5.41) is 12.0. The summed E-state index contributed by atoms with van der Waals surface area (Å²) < 4.78 is 5.89. The lowest BCUT2D eigenvalue weighted by Crippen LogP contribution is -2.38. The second-order valence-electron chi connectivity index (χ2n) is 7.69. The molecule has 0 saturated carbocycles. The number of carbonyl (C=O) groups excluding carboxylic acids is 2. The summed E-state index contributed by atoms with van der Waals surface area (Å²) in [5.74, 6) is -0.133. The van der Waals surface area contributed by atoms with Crippen LogP contribution in [0.15, 0.2) is 48.5 Å². The van der Waals surface area contributed by atoms with Gasteiger partial charge in [-0.2, -0.15) is 5.26 Å². The van der Waals surface area contributed by atoms with Crippen LogP contribution in [0.25, 0.3) is 10.8 Å². The van der Waals surface area contributed by atoms with Crippen LogP contribution in [0.4, 0.5) is 0 Å². The molecule has 7 heteroatoms. The van der Waals surface area contributed by atoms with Crippen LogP contribution in [0.2, 0.25) is 10.0 Å². The molecule has 1 atom stereocenters. The molecule has 162 valence electrons. The van der Waals surface area contributed by atoms with Gasteiger partial charge in [-0.25, -0.2) is 0 Å². The fourth-order valence-electron chi connectivity index (χ4n) is 4.10. The van der Waals surface area contributed by atoms with Crippen LogP contribution in [-0.2, 0) is 4.79 Å². The highest BCUT2D eigenvalue weighted by Crippen LogP contribution is 2.35. The summed E-state index contributed by atoms with van der Waals surface area (Å²) in [7, 11) is 0. The molecule has 1 aliphatic heterocycles. The third-order valence-electron chi connectivity index (χ3n) is 5.68. The second kappa shape index (κ2) is 9.60. The van der Waals surface area contributed by atoms with Crippen molar-refractivity contribution in [2.24, 2.45) is 0 Å². The van der Waals surface area contributed by atoms with E-state index in [4.69, 9.17) is 27.9 Å². The molecule has 0 N–H and O–H groups in total. The predicted molar refractivity (Wildman–Crippen MR) is 125 cm³/mol. The Labute approximate surface area is 196 Å². The topological polar surface area (TPSA) is 70.4 Å². The largest absolute Gasteiger partial charge is 0.491 e. The number of halogens is 2. The fourth-order valence-corrected chi connectivity index (χ4v) is 4.41. The van der Waals surface area contributed by atoms with E-state index in [-0.39, 0.29) is 18.2 Å². The van der Waals surface area contributed by atoms with E-state index in [2.05, 4.69) is 6.07 Å². The van der Waals surface area contributed by atoms with Crippen molar-refractivity contribution >= 4 is 46.2 Å². The summed E-state index contributed by atoms with van der Waals surface area (Å²) in [6.45, 7) is 1.19. The molecule has 5 nitrogen and oxygen atoms in total. The van der Waals surface area contributed by atoms with Gasteiger partial charge in [-0.15, -0.1) is 0 Å². The molecule has 0 spiro atoms. The molecule has 32 heavy (non-hydrogen) atoms. The summed E-state index contributed by atoms with van der Waals surface area (Å²) >= 11 is 12.2. The predicted octanol–water partition coefficient (Wildman–Crippen LogP) is 5.62. The van der Waals surface area contributed by atoms with Crippen molar-refractivity contribution < 1.29 is 14.3 Å². The summed E-state index contributed by atoms with van der Waals surface area (Å²) in [6, 6.07) is 16.6. The SMILES string of the molecule is N#Cc1cc2ccccc2c2c1OCCCN(C[C@@H](CC=O)c1ccc(Cl)c(Cl)c1)C2=O. The Hall–Kier alpha value is -3.07. The lowest BCUT2D eigenvalue weighted by molar-refractivity contribution is -0.108. The number of ether oxygens (including phenoxy) is 1. The van der Waals surface area contributed by atoms with Crippen LogP contribution < -0.4 is 4.74 Å². The van der Waals surface area contributed by atoms with E-state index in [1.54, 1.807) is 23.1 Å². The number of hydrogen-bond donors (Lipinski definition) is 0. The molecule has 3 aromatic rings. The highest BCUT2D eigenvalue weighted by Gasteiger charge is 2.29. The van der Waals surface area contributed by atoms with Crippen molar-refractivity contribution in [1.82, 2.24) is 4.90 Å². The van der Waals surface area contributed by atoms with Crippen molar-refractivity contribution in [1.29, 1.82) is 5.26 Å². The number of amides is 1. The van der Waals surface area contributed by atoms with Gasteiger partial charge in [0.05, 0.1) is 27.8 Å². The first kappa shape index (κ1) is 22.1. The van der Waals surface area contributed by atoms with Crippen molar-refractivity contribution in [2.75, 3.05) is 19.7 Å². The smallest absolute Gasteiger partial charge is 0.258 e. The molecule has 1 aliphatic rings. The molecule has 0 radical (unpaired) electrons. The summed E-state index contributed by atoms with van der Waals surface area (Å²) in [5.41, 5.74) is 1.56. The van der Waals surface area contributed by atoms with E-state index in [1.165, 1.54) is 0 Å². The lowest BCUT2D eigenvalue weighted by atomic mass is 9.94. The number of nitrogens with zero attached hydrogens (tertiary/aromatic N) is 2. The second-order valence-corrected chi connectivity index (χ2v) is 8.50. The minimum Gasteiger partial charge on any atom is -0.491 e. The first-order valence-electron chi connectivity index (χ1n) is 10.3. The van der Waals surface area contributed by atoms with Crippen LogP contribution in [0.3, 0.4) is 0 Å². The number of fused-ring (bicyclic) bond motifs is 3. The van der Waals surface area contributed by atoms with E-state index < -0.39 is 0 Å². The van der Waals surface area contributed by atoms with Gasteiger partial charge in [0.2, 0.25) is 0 Å². The van der Waals surface area contributed by atoms with E-state index in [0.717, 1.165) is 22.6 Å². The molecule has 0 aliphatic carbocycles. The zero-order chi connectivity index (χ0) is 22.7. The molecular formula is C25H20Cl2N2O3. The third kappa shape index (κ3) is 4.29. The summed E-state index contributed by atoms with van der Waals surface area (Å²) in [6.07, 6.45) is 1.70. The van der Waals surface area contributed by atoms with Gasteiger partial charge in [-0.3, -0.25) is 4.79 Å². The molecular weight excluding hydrogens is 447 g/mol. The van der Waals surface area contributed by atoms with Crippen molar-refractivity contribution in [3.63, 3.8) is 0 Å². The van der Waals surface area contributed by atoms with Crippen molar-refractivity contribution in [3.05, 3.63) is 75.3 Å². The van der Waals surface area contributed by atoms with Crippen molar-refractivity contribution in [2.45, 2.75) is 18.8 Å². The van der Waals surface area contributed by atoms with E-state index in [0.29, 0.717) is 53.0 Å². The van der Waals surface area contributed by atoms with Gasteiger partial charge < -0.3 is 14.4 Å². The molecule has 4 rings (SSSR count). The zero-order valence-electron chi connectivity index (χ0n) is 17.2. The monoisotopic (exact) mass is 466 g/mol. The maximum absolute atomic E-state index is 13.8. The third-order valence-corrected chi connectivity index (χ3v) is 6.42. The van der Waals surface area contributed by atoms with Crippen LogP contribution in [-0.4, -0.2) is 36.8 Å². The molecule has 0 unspecified atom stereocenters. The highest BCUT2D eigenvalue weighted by molar-refractivity contribution is 6.42. The number of benzene rings is 3. The Bertz CT molecular complexity index is 1240. The first-order chi connectivity index (χ1) is 15.5. The Morgan fingerprint density at radius 2 is 1.97 bits per heavy atom. The molecule has 3 aromatic carbocycles. The van der Waals surface area contributed by atoms with E-state index in [1.807, 2.05) is 30.3 Å². The van der Waals surface area contributed by atoms with E-state index in [9.17, 15) is 14.9 Å². The van der Waals surface area contributed by atoms with Crippen LogP contribution in [0.1, 0.15) is 40.2 Å². The molecule has 0 bridgehead atoms. The van der Waals surface area contributed by atoms with Gasteiger partial charge >= 0.3 is 0 Å². The Balaban J connectivity index is 1.77. The minimum absolute atomic E-state index is 0.219. The van der Waals surface area contributed by atoms with Gasteiger partial charge in [0, 0.05) is 25.4 Å². The number of rotatable bonds is 5. The standard InChI is InChI=1S/C25H20Cl2N2O3/c26-21-7-6-16(13-22(21)27)18(8-10-30)15-29-9-3-11-32-24-19(14-28)12-17-4-1-2-5-20(17)23(24)25(29)31/h1-2,4-7,10,12-13,18H,3,8-9,11,15H2/t18-/m1/s1. The van der Waals surface area contributed by atoms with Gasteiger partial charge in [0.25, 0.3) is 5.91 Å². The van der Waals surface area contributed by atoms with E-state index >= 15 is 0 Å². The first-order valence-corrected chi connectivity index (χ1v) is 11.1. The quantitative estimate of drug-likeness (QED) is 0.457. The van der Waals surface area contributed by atoms with Crippen molar-refractivity contribution in [3.8, 4) is 11.8 Å². The lowest BCUT2D eigenvalue weighted by Gasteiger charge is -2.30. The Kier molecular flexibility index (Phi) is 6.64. The van der Waals surface area contributed by atoms with Crippen LogP contribution in [0.5, 0.6) is 5.75 Å². The Morgan fingerprint density at radius 3 is 2.72 bits per heavy atom. The van der Waals surface area contributed by atoms with Gasteiger partial charge in [0.1, 0.15) is 18.1 Å². The molecule has 0 aromatic heterocycles. The maximum Gasteiger partial charge on any atom is 0.258 e. The minimum atomic E-state index is -0.236. The van der Waals surface area contributed by atoms with Crippen LogP contribution in [0, 0.1) is 11.3 Å². The van der Waals surface area contributed by atoms with Gasteiger partial charge in [-0.1, -0.05) is 53.5 Å². The molecule has 0 fully saturated rings. The fraction of sp³-hybridized carbons (Fsp3) is 0.240. The van der Waals surface area contributed by atoms with Crippen LogP contribution >= 0.6 is 23.2 Å². The molecule has 1 amide bonds.